The van der Waals surface area contributed by atoms with Crippen molar-refractivity contribution in [1.29, 1.82) is 0 Å². The molecule has 0 aliphatic carbocycles. The zero-order valence-corrected chi connectivity index (χ0v) is 8.65. The number of carbonyl (C=O) groups is 1. The Morgan fingerprint density at radius 3 is 2.64 bits per heavy atom. The van der Waals surface area contributed by atoms with E-state index in [1.165, 1.54) is 0 Å². The maximum absolute atomic E-state index is 10.5. The van der Waals surface area contributed by atoms with Crippen LogP contribution in [0, 0.1) is 0 Å². The summed E-state index contributed by atoms with van der Waals surface area (Å²) in [5.74, 6) is 0. The number of piperidine rings is 1. The van der Waals surface area contributed by atoms with E-state index in [1.54, 1.807) is 0 Å². The molecule has 1 aromatic heterocycles. The van der Waals surface area contributed by atoms with Gasteiger partial charge >= 0.3 is 0 Å². The predicted molar refractivity (Wildman–Crippen MR) is 55.4 cm³/mol. The van der Waals surface area contributed by atoms with Gasteiger partial charge in [0.1, 0.15) is 5.15 Å². The molecule has 76 valence electrons. The number of rotatable bonds is 2. The van der Waals surface area contributed by atoms with Crippen molar-refractivity contribution in [2.45, 2.75) is 18.9 Å². The molecule has 2 heterocycles. The monoisotopic (exact) mass is 212 g/mol. The highest BCUT2D eigenvalue weighted by Gasteiger charge is 2.19. The third-order valence-corrected chi connectivity index (χ3v) is 3.09. The van der Waals surface area contributed by atoms with Gasteiger partial charge in [-0.2, -0.15) is 0 Å². The Bertz CT molecular complexity index is 316. The molecule has 1 aromatic rings. The summed E-state index contributed by atoms with van der Waals surface area (Å²) >= 11 is 6.02. The highest BCUT2D eigenvalue weighted by molar-refractivity contribution is 6.29. The van der Waals surface area contributed by atoms with Crippen LogP contribution in [0.1, 0.15) is 18.9 Å². The summed E-state index contributed by atoms with van der Waals surface area (Å²) in [6.45, 7) is 1.67. The summed E-state index contributed by atoms with van der Waals surface area (Å²) in [5, 5.41) is 0.787. The van der Waals surface area contributed by atoms with Gasteiger partial charge in [-0.25, -0.2) is 0 Å². The van der Waals surface area contributed by atoms with Gasteiger partial charge in [0, 0.05) is 25.3 Å². The second-order valence-corrected chi connectivity index (χ2v) is 4.00. The molecule has 1 aliphatic rings. The Hall–Kier alpha value is -0.960. The van der Waals surface area contributed by atoms with E-state index >= 15 is 0 Å². The molecule has 0 radical (unpaired) electrons. The highest BCUT2D eigenvalue weighted by Crippen LogP contribution is 2.25. The zero-order valence-electron chi connectivity index (χ0n) is 7.90. The molecule has 0 spiro atoms. The second kappa shape index (κ2) is 4.05. The molecule has 0 aromatic carbocycles. The number of hydrogen-bond donors (Lipinski definition) is 0. The van der Waals surface area contributed by atoms with Crippen LogP contribution in [0.5, 0.6) is 0 Å². The quantitative estimate of drug-likeness (QED) is 0.688. The van der Waals surface area contributed by atoms with Gasteiger partial charge in [-0.15, -0.1) is 0 Å². The molecular formula is C10H13ClN2O. The Labute approximate surface area is 88.3 Å². The smallest absolute Gasteiger partial charge is 0.209 e. The molecule has 0 bridgehead atoms. The molecule has 0 atom stereocenters. The number of likely N-dealkylation sites (tertiary alicyclic amines) is 1. The van der Waals surface area contributed by atoms with E-state index < -0.39 is 0 Å². The molecule has 3 nitrogen and oxygen atoms in total. The van der Waals surface area contributed by atoms with Crippen LogP contribution >= 0.6 is 11.6 Å². The van der Waals surface area contributed by atoms with Crippen molar-refractivity contribution in [2.75, 3.05) is 13.1 Å². The van der Waals surface area contributed by atoms with Crippen LogP contribution in [0.4, 0.5) is 0 Å². The first-order valence-corrected chi connectivity index (χ1v) is 5.21. The van der Waals surface area contributed by atoms with Crippen molar-refractivity contribution >= 4 is 18.0 Å². The second-order valence-electron chi connectivity index (χ2n) is 3.61. The molecule has 0 N–H and O–H groups in total. The molecule has 0 unspecified atom stereocenters. The maximum atomic E-state index is 10.5. The van der Waals surface area contributed by atoms with E-state index in [2.05, 4.69) is 4.57 Å². The van der Waals surface area contributed by atoms with Crippen LogP contribution in [-0.4, -0.2) is 29.0 Å². The molecule has 4 heteroatoms. The highest BCUT2D eigenvalue weighted by atomic mass is 35.5. The molecule has 1 amide bonds. The normalized spacial score (nSPS) is 18.5. The molecule has 0 saturated carbocycles. The minimum Gasteiger partial charge on any atom is -0.345 e. The maximum Gasteiger partial charge on any atom is 0.209 e. The largest absolute Gasteiger partial charge is 0.345 e. The number of aromatic nitrogens is 1. The minimum absolute atomic E-state index is 0.452. The lowest BCUT2D eigenvalue weighted by Crippen LogP contribution is -2.33. The van der Waals surface area contributed by atoms with Crippen molar-refractivity contribution in [1.82, 2.24) is 9.47 Å². The van der Waals surface area contributed by atoms with Crippen LogP contribution in [0.3, 0.4) is 0 Å². The van der Waals surface area contributed by atoms with Crippen molar-refractivity contribution in [3.05, 3.63) is 23.5 Å². The SMILES string of the molecule is O=CN1CCC(n2cccc2Cl)CC1. The lowest BCUT2D eigenvalue weighted by atomic mass is 10.1. The van der Waals surface area contributed by atoms with Gasteiger partial charge in [-0.05, 0) is 25.0 Å². The minimum atomic E-state index is 0.452. The molecule has 1 saturated heterocycles. The lowest BCUT2D eigenvalue weighted by molar-refractivity contribution is -0.119. The average molecular weight is 213 g/mol. The fourth-order valence-electron chi connectivity index (χ4n) is 1.94. The van der Waals surface area contributed by atoms with Crippen molar-refractivity contribution in [3.8, 4) is 0 Å². The lowest BCUT2D eigenvalue weighted by Gasteiger charge is -2.30. The van der Waals surface area contributed by atoms with Crippen molar-refractivity contribution in [3.63, 3.8) is 0 Å². The summed E-state index contributed by atoms with van der Waals surface area (Å²) in [5.41, 5.74) is 0. The van der Waals surface area contributed by atoms with Gasteiger partial charge in [-0.1, -0.05) is 11.6 Å². The van der Waals surface area contributed by atoms with E-state index in [0.717, 1.165) is 37.5 Å². The Morgan fingerprint density at radius 1 is 1.43 bits per heavy atom. The third kappa shape index (κ3) is 1.77. The van der Waals surface area contributed by atoms with Gasteiger partial charge in [0.05, 0.1) is 0 Å². The fourth-order valence-corrected chi connectivity index (χ4v) is 2.21. The molecule has 1 aliphatic heterocycles. The van der Waals surface area contributed by atoms with Gasteiger partial charge in [0.25, 0.3) is 0 Å². The summed E-state index contributed by atoms with van der Waals surface area (Å²) in [4.78, 5) is 12.3. The van der Waals surface area contributed by atoms with Crippen LogP contribution in [0.25, 0.3) is 0 Å². The third-order valence-electron chi connectivity index (χ3n) is 2.77. The predicted octanol–water partition coefficient (Wildman–Crippen LogP) is 1.93. The van der Waals surface area contributed by atoms with Crippen LogP contribution in [0.15, 0.2) is 18.3 Å². The number of carbonyl (C=O) groups excluding carboxylic acids is 1. The van der Waals surface area contributed by atoms with Crippen molar-refractivity contribution in [2.24, 2.45) is 0 Å². The zero-order chi connectivity index (χ0) is 9.97. The van der Waals surface area contributed by atoms with Gasteiger partial charge in [0.2, 0.25) is 6.41 Å². The van der Waals surface area contributed by atoms with Gasteiger partial charge in [-0.3, -0.25) is 4.79 Å². The van der Waals surface area contributed by atoms with E-state index in [-0.39, 0.29) is 0 Å². The molecule has 2 rings (SSSR count). The topological polar surface area (TPSA) is 25.2 Å². The average Bonchev–Trinajstić information content (AvgIpc) is 2.65. The number of halogens is 1. The first-order chi connectivity index (χ1) is 6.81. The van der Waals surface area contributed by atoms with E-state index in [9.17, 15) is 4.79 Å². The number of nitrogens with zero attached hydrogens (tertiary/aromatic N) is 2. The van der Waals surface area contributed by atoms with Crippen LogP contribution < -0.4 is 0 Å². The first kappa shape index (κ1) is 9.59. The molecule has 14 heavy (non-hydrogen) atoms. The summed E-state index contributed by atoms with van der Waals surface area (Å²) in [6.07, 6.45) is 4.91. The molecule has 1 fully saturated rings. The Balaban J connectivity index is 2.02. The summed E-state index contributed by atoms with van der Waals surface area (Å²) < 4.78 is 2.09. The number of amides is 1. The standard InChI is InChI=1S/C10H13ClN2O/c11-10-2-1-5-13(10)9-3-6-12(8-14)7-4-9/h1-2,5,8-9H,3-4,6-7H2. The van der Waals surface area contributed by atoms with E-state index in [0.29, 0.717) is 6.04 Å². The Kier molecular flexibility index (Phi) is 2.77. The van der Waals surface area contributed by atoms with Crippen LogP contribution in [-0.2, 0) is 4.79 Å². The molecular weight excluding hydrogens is 200 g/mol. The number of hydrogen-bond acceptors (Lipinski definition) is 1. The van der Waals surface area contributed by atoms with Crippen LogP contribution in [0.2, 0.25) is 5.15 Å². The van der Waals surface area contributed by atoms with Gasteiger partial charge < -0.3 is 9.47 Å². The first-order valence-electron chi connectivity index (χ1n) is 4.83. The van der Waals surface area contributed by atoms with Gasteiger partial charge in [0.15, 0.2) is 0 Å². The summed E-state index contributed by atoms with van der Waals surface area (Å²) in [6, 6.07) is 4.30. The van der Waals surface area contributed by atoms with E-state index in [4.69, 9.17) is 11.6 Å². The Morgan fingerprint density at radius 2 is 2.14 bits per heavy atom. The summed E-state index contributed by atoms with van der Waals surface area (Å²) in [7, 11) is 0. The fraction of sp³-hybridized carbons (Fsp3) is 0.500. The van der Waals surface area contributed by atoms with Crippen molar-refractivity contribution < 1.29 is 4.79 Å². The van der Waals surface area contributed by atoms with E-state index in [1.807, 2.05) is 23.2 Å².